The van der Waals surface area contributed by atoms with Crippen LogP contribution in [0.3, 0.4) is 0 Å². The lowest BCUT2D eigenvalue weighted by Gasteiger charge is -2.35. The van der Waals surface area contributed by atoms with Gasteiger partial charge in [-0.3, -0.25) is 0 Å². The Morgan fingerprint density at radius 2 is 0.765 bits per heavy atom. The topological polar surface area (TPSA) is 6.48 Å². The number of fused-ring (bicyclic) bond motifs is 9. The standard InChI is InChI=1S/C65H50N2Si/c1-65(2)60-38-43(32-35-52(60)53-36-33-48(39-61(53)65)66(44-20-9-5-10-21-44)45-22-11-6-12-23-45)56-41-58-55-30-19-31-62-64(55)59(42-57(58)51-29-18-17-28-50(51)56)54-37-34-49(40-63(54)68(62,3)4)67(46-24-13-7-14-25-46)47-26-15-8-16-27-47/h5-42H,1-4H3. The Balaban J connectivity index is 0.955. The van der Waals surface area contributed by atoms with Crippen LogP contribution in [0.1, 0.15) is 25.0 Å². The second-order valence-electron chi connectivity index (χ2n) is 19.7. The molecule has 13 rings (SSSR count). The molecular weight excluding hydrogens is 837 g/mol. The first-order chi connectivity index (χ1) is 33.3. The highest BCUT2D eigenvalue weighted by Gasteiger charge is 2.38. The number of anilines is 6. The van der Waals surface area contributed by atoms with Gasteiger partial charge in [0.2, 0.25) is 0 Å². The largest absolute Gasteiger partial charge is 0.311 e. The van der Waals surface area contributed by atoms with Gasteiger partial charge in [0.05, 0.1) is 0 Å². The highest BCUT2D eigenvalue weighted by molar-refractivity contribution is 7.03. The number of benzene rings is 11. The lowest BCUT2D eigenvalue weighted by Crippen LogP contribution is -2.56. The molecule has 3 heteroatoms. The van der Waals surface area contributed by atoms with Crippen LogP contribution in [0, 0.1) is 0 Å². The number of para-hydroxylation sites is 4. The molecule has 0 saturated carbocycles. The summed E-state index contributed by atoms with van der Waals surface area (Å²) in [4.78, 5) is 4.77. The normalized spacial score (nSPS) is 13.8. The van der Waals surface area contributed by atoms with Gasteiger partial charge in [0.15, 0.2) is 0 Å². The molecule has 11 aromatic carbocycles. The van der Waals surface area contributed by atoms with Gasteiger partial charge in [0.25, 0.3) is 0 Å². The van der Waals surface area contributed by atoms with Crippen molar-refractivity contribution in [3.63, 3.8) is 0 Å². The minimum absolute atomic E-state index is 0.210. The molecule has 2 nitrogen and oxygen atoms in total. The number of hydrogen-bond donors (Lipinski definition) is 0. The molecule has 0 N–H and O–H groups in total. The van der Waals surface area contributed by atoms with Crippen LogP contribution in [0.2, 0.25) is 13.1 Å². The first-order valence-electron chi connectivity index (χ1n) is 23.9. The molecule has 0 spiro atoms. The third kappa shape index (κ3) is 6.09. The van der Waals surface area contributed by atoms with Crippen LogP contribution in [0.15, 0.2) is 231 Å². The van der Waals surface area contributed by atoms with E-state index in [1.165, 1.54) is 92.9 Å². The van der Waals surface area contributed by atoms with Gasteiger partial charge in [-0.1, -0.05) is 166 Å². The smallest absolute Gasteiger partial charge is 0.113 e. The third-order valence-corrected chi connectivity index (χ3v) is 18.7. The zero-order chi connectivity index (χ0) is 45.7. The average molecular weight is 887 g/mol. The molecule has 324 valence electrons. The van der Waals surface area contributed by atoms with Crippen LogP contribution < -0.4 is 20.2 Å². The summed E-state index contributed by atoms with van der Waals surface area (Å²) in [6, 6.07) is 85.8. The SMILES string of the molecule is CC1(C)c2cc(-c3cc4c5cccc6c5c(cc4c4ccccc34)-c3ccc(N(c4ccccc4)c4ccccc4)cc3[Si]6(C)C)ccc2-c2ccc(N(c3ccccc3)c3ccccc3)cc21. The Morgan fingerprint density at radius 1 is 0.309 bits per heavy atom. The zero-order valence-corrected chi connectivity index (χ0v) is 39.8. The second kappa shape index (κ2) is 15.3. The summed E-state index contributed by atoms with van der Waals surface area (Å²) in [5.74, 6) is 0. The van der Waals surface area contributed by atoms with Crippen molar-refractivity contribution in [1.29, 1.82) is 0 Å². The fourth-order valence-electron chi connectivity index (χ4n) is 11.8. The molecule has 1 aliphatic carbocycles. The van der Waals surface area contributed by atoms with Crippen molar-refractivity contribution in [2.24, 2.45) is 0 Å². The summed E-state index contributed by atoms with van der Waals surface area (Å²) in [5.41, 5.74) is 17.4. The molecule has 0 fully saturated rings. The van der Waals surface area contributed by atoms with Gasteiger partial charge < -0.3 is 9.80 Å². The predicted molar refractivity (Wildman–Crippen MR) is 294 cm³/mol. The summed E-state index contributed by atoms with van der Waals surface area (Å²) in [7, 11) is -2.20. The number of rotatable bonds is 7. The molecule has 1 aliphatic heterocycles. The van der Waals surface area contributed by atoms with E-state index in [9.17, 15) is 0 Å². The Hall–Kier alpha value is -7.98. The summed E-state index contributed by atoms with van der Waals surface area (Å²) in [5, 5.41) is 10.9. The molecular formula is C65H50N2Si. The van der Waals surface area contributed by atoms with Gasteiger partial charge in [0.1, 0.15) is 8.07 Å². The van der Waals surface area contributed by atoms with Gasteiger partial charge in [-0.15, -0.1) is 0 Å². The molecule has 2 aliphatic rings. The van der Waals surface area contributed by atoms with Crippen molar-refractivity contribution in [2.45, 2.75) is 32.4 Å². The van der Waals surface area contributed by atoms with Crippen LogP contribution in [-0.4, -0.2) is 8.07 Å². The van der Waals surface area contributed by atoms with Crippen molar-refractivity contribution in [3.05, 3.63) is 242 Å². The van der Waals surface area contributed by atoms with E-state index in [4.69, 9.17) is 0 Å². The molecule has 0 atom stereocenters. The van der Waals surface area contributed by atoms with Crippen LogP contribution in [0.5, 0.6) is 0 Å². The van der Waals surface area contributed by atoms with Crippen molar-refractivity contribution in [2.75, 3.05) is 9.80 Å². The fourth-order valence-corrected chi connectivity index (χ4v) is 14.9. The van der Waals surface area contributed by atoms with E-state index in [0.717, 1.165) is 28.4 Å². The van der Waals surface area contributed by atoms with Crippen molar-refractivity contribution in [3.8, 4) is 33.4 Å². The summed E-state index contributed by atoms with van der Waals surface area (Å²) >= 11 is 0. The lowest BCUT2D eigenvalue weighted by atomic mass is 9.81. The van der Waals surface area contributed by atoms with E-state index in [1.54, 1.807) is 0 Å². The molecule has 68 heavy (non-hydrogen) atoms. The molecule has 0 unspecified atom stereocenters. The first-order valence-corrected chi connectivity index (χ1v) is 26.9. The highest BCUT2D eigenvalue weighted by Crippen LogP contribution is 2.53. The molecule has 1 heterocycles. The van der Waals surface area contributed by atoms with E-state index in [2.05, 4.69) is 267 Å². The molecule has 11 aromatic rings. The Morgan fingerprint density at radius 3 is 1.35 bits per heavy atom. The van der Waals surface area contributed by atoms with Crippen LogP contribution in [0.25, 0.3) is 65.7 Å². The van der Waals surface area contributed by atoms with Gasteiger partial charge in [-0.05, 0) is 178 Å². The van der Waals surface area contributed by atoms with Crippen LogP contribution in [0.4, 0.5) is 34.1 Å². The maximum Gasteiger partial charge on any atom is 0.113 e. The molecule has 0 saturated heterocycles. The van der Waals surface area contributed by atoms with E-state index < -0.39 is 8.07 Å². The van der Waals surface area contributed by atoms with E-state index in [-0.39, 0.29) is 5.41 Å². The molecule has 0 aromatic heterocycles. The average Bonchev–Trinajstić information content (AvgIpc) is 3.61. The van der Waals surface area contributed by atoms with Gasteiger partial charge in [-0.2, -0.15) is 0 Å². The third-order valence-electron chi connectivity index (χ3n) is 15.2. The molecule has 0 radical (unpaired) electrons. The zero-order valence-electron chi connectivity index (χ0n) is 38.8. The fraction of sp³-hybridized carbons (Fsp3) is 0.0769. The monoisotopic (exact) mass is 886 g/mol. The van der Waals surface area contributed by atoms with Crippen molar-refractivity contribution < 1.29 is 0 Å². The maximum atomic E-state index is 2.55. The Bertz CT molecular complexity index is 3710. The minimum atomic E-state index is -2.20. The van der Waals surface area contributed by atoms with E-state index in [0.29, 0.717) is 0 Å². The summed E-state index contributed by atoms with van der Waals surface area (Å²) in [6.07, 6.45) is 0. The second-order valence-corrected chi connectivity index (χ2v) is 24.0. The quantitative estimate of drug-likeness (QED) is 0.116. The molecule has 0 bridgehead atoms. The van der Waals surface area contributed by atoms with Crippen LogP contribution in [-0.2, 0) is 5.41 Å². The summed E-state index contributed by atoms with van der Waals surface area (Å²) in [6.45, 7) is 9.91. The Kier molecular flexibility index (Phi) is 9.06. The maximum absolute atomic E-state index is 2.55. The minimum Gasteiger partial charge on any atom is -0.311 e. The van der Waals surface area contributed by atoms with Crippen molar-refractivity contribution >= 4 is 84.9 Å². The van der Waals surface area contributed by atoms with Crippen LogP contribution >= 0.6 is 0 Å². The number of hydrogen-bond acceptors (Lipinski definition) is 2. The predicted octanol–water partition coefficient (Wildman–Crippen LogP) is 16.9. The van der Waals surface area contributed by atoms with Crippen molar-refractivity contribution in [1.82, 2.24) is 0 Å². The Labute approximate surface area is 400 Å². The number of nitrogens with zero attached hydrogens (tertiary/aromatic N) is 2. The van der Waals surface area contributed by atoms with E-state index in [1.807, 2.05) is 0 Å². The van der Waals surface area contributed by atoms with Gasteiger partial charge >= 0.3 is 0 Å². The lowest BCUT2D eigenvalue weighted by molar-refractivity contribution is 0.660. The molecule has 0 amide bonds. The first kappa shape index (κ1) is 40.3. The van der Waals surface area contributed by atoms with Gasteiger partial charge in [-0.25, -0.2) is 0 Å². The summed E-state index contributed by atoms with van der Waals surface area (Å²) < 4.78 is 0. The van der Waals surface area contributed by atoms with Gasteiger partial charge in [0, 0.05) is 39.5 Å². The van der Waals surface area contributed by atoms with E-state index >= 15 is 0 Å². The highest BCUT2D eigenvalue weighted by atomic mass is 28.3.